The first-order valence-electron chi connectivity index (χ1n) is 10.2. The third kappa shape index (κ3) is 3.73. The zero-order chi connectivity index (χ0) is 20.5. The SMILES string of the molecule is CCC(c1ccc(-c2c(O)ccc3[nH]c(=O)c4sccc4c23)cc1)N(CC)CC.Cl. The van der Waals surface area contributed by atoms with E-state index in [0.717, 1.165) is 46.9 Å². The highest BCUT2D eigenvalue weighted by Gasteiger charge is 2.18. The summed E-state index contributed by atoms with van der Waals surface area (Å²) in [7, 11) is 0. The summed E-state index contributed by atoms with van der Waals surface area (Å²) in [5.74, 6) is 0.223. The Morgan fingerprint density at radius 1 is 1.03 bits per heavy atom. The minimum absolute atomic E-state index is 0. The average molecular weight is 443 g/mol. The van der Waals surface area contributed by atoms with Crippen LogP contribution in [0.5, 0.6) is 5.75 Å². The van der Waals surface area contributed by atoms with Gasteiger partial charge in [-0.25, -0.2) is 0 Å². The summed E-state index contributed by atoms with van der Waals surface area (Å²) in [5.41, 5.74) is 3.66. The first kappa shape index (κ1) is 22.3. The molecule has 0 saturated heterocycles. The maximum absolute atomic E-state index is 12.3. The lowest BCUT2D eigenvalue weighted by atomic mass is 9.94. The van der Waals surface area contributed by atoms with Gasteiger partial charge < -0.3 is 10.1 Å². The fraction of sp³-hybridized carbons (Fsp3) is 0.292. The molecule has 0 bridgehead atoms. The molecule has 1 unspecified atom stereocenters. The quantitative estimate of drug-likeness (QED) is 0.366. The first-order chi connectivity index (χ1) is 14.1. The second-order valence-corrected chi connectivity index (χ2v) is 8.18. The Kier molecular flexibility index (Phi) is 6.86. The molecule has 0 spiro atoms. The van der Waals surface area contributed by atoms with E-state index in [2.05, 4.69) is 54.9 Å². The number of fused-ring (bicyclic) bond motifs is 3. The van der Waals surface area contributed by atoms with Crippen molar-refractivity contribution < 1.29 is 5.11 Å². The molecule has 1 atom stereocenters. The van der Waals surface area contributed by atoms with Gasteiger partial charge >= 0.3 is 0 Å². The number of H-pyrrole nitrogens is 1. The predicted molar refractivity (Wildman–Crippen MR) is 130 cm³/mol. The minimum Gasteiger partial charge on any atom is -0.507 e. The van der Waals surface area contributed by atoms with Gasteiger partial charge in [-0.05, 0) is 54.2 Å². The Labute approximate surface area is 186 Å². The lowest BCUT2D eigenvalue weighted by Crippen LogP contribution is -2.27. The molecule has 2 aromatic carbocycles. The van der Waals surface area contributed by atoms with Crippen molar-refractivity contribution in [2.75, 3.05) is 13.1 Å². The molecule has 2 N–H and O–H groups in total. The number of aromatic nitrogens is 1. The maximum atomic E-state index is 12.3. The number of benzene rings is 2. The van der Waals surface area contributed by atoms with E-state index in [1.807, 2.05) is 11.4 Å². The normalized spacial score (nSPS) is 12.4. The number of rotatable bonds is 6. The number of nitrogens with one attached hydrogen (secondary N) is 1. The van der Waals surface area contributed by atoms with Gasteiger partial charge in [0.15, 0.2) is 0 Å². The summed E-state index contributed by atoms with van der Waals surface area (Å²) in [5, 5.41) is 14.4. The Morgan fingerprint density at radius 2 is 1.73 bits per heavy atom. The van der Waals surface area contributed by atoms with Crippen molar-refractivity contribution in [3.05, 3.63) is 63.8 Å². The van der Waals surface area contributed by atoms with E-state index in [1.165, 1.54) is 16.9 Å². The molecule has 6 heteroatoms. The largest absolute Gasteiger partial charge is 0.507 e. The van der Waals surface area contributed by atoms with E-state index in [-0.39, 0.29) is 23.7 Å². The van der Waals surface area contributed by atoms with E-state index in [9.17, 15) is 9.90 Å². The lowest BCUT2D eigenvalue weighted by molar-refractivity contribution is 0.213. The molecular weight excluding hydrogens is 416 g/mol. The highest BCUT2D eigenvalue weighted by Crippen LogP contribution is 2.40. The third-order valence-electron chi connectivity index (χ3n) is 5.80. The van der Waals surface area contributed by atoms with Crippen LogP contribution in [-0.2, 0) is 0 Å². The van der Waals surface area contributed by atoms with E-state index < -0.39 is 0 Å². The second-order valence-electron chi connectivity index (χ2n) is 7.27. The van der Waals surface area contributed by atoms with Crippen LogP contribution in [0.1, 0.15) is 38.8 Å². The molecule has 0 amide bonds. The minimum atomic E-state index is -0.0838. The van der Waals surface area contributed by atoms with Gasteiger partial charge in [0.1, 0.15) is 10.4 Å². The number of phenols is 1. The monoisotopic (exact) mass is 442 g/mol. The van der Waals surface area contributed by atoms with Gasteiger partial charge in [-0.2, -0.15) is 0 Å². The topological polar surface area (TPSA) is 56.3 Å². The summed E-state index contributed by atoms with van der Waals surface area (Å²) >= 11 is 1.43. The van der Waals surface area contributed by atoms with Gasteiger partial charge in [-0.1, -0.05) is 45.0 Å². The van der Waals surface area contributed by atoms with E-state index in [1.54, 1.807) is 12.1 Å². The summed E-state index contributed by atoms with van der Waals surface area (Å²) in [4.78, 5) is 17.8. The summed E-state index contributed by atoms with van der Waals surface area (Å²) < 4.78 is 0.688. The van der Waals surface area contributed by atoms with Crippen LogP contribution >= 0.6 is 23.7 Å². The maximum Gasteiger partial charge on any atom is 0.266 e. The summed E-state index contributed by atoms with van der Waals surface area (Å²) in [6.07, 6.45) is 1.05. The van der Waals surface area contributed by atoms with Crippen LogP contribution in [0.15, 0.2) is 52.6 Å². The smallest absolute Gasteiger partial charge is 0.266 e. The van der Waals surface area contributed by atoms with E-state index in [0.29, 0.717) is 10.7 Å². The molecule has 0 fully saturated rings. The molecular formula is C24H27ClN2O2S. The number of pyridine rings is 1. The van der Waals surface area contributed by atoms with Gasteiger partial charge in [-0.3, -0.25) is 9.69 Å². The zero-order valence-corrected chi connectivity index (χ0v) is 19.1. The molecule has 2 heterocycles. The van der Waals surface area contributed by atoms with Gasteiger partial charge in [-0.15, -0.1) is 23.7 Å². The van der Waals surface area contributed by atoms with Gasteiger partial charge in [0.2, 0.25) is 0 Å². The molecule has 158 valence electrons. The van der Waals surface area contributed by atoms with Crippen molar-refractivity contribution in [3.63, 3.8) is 0 Å². The number of phenolic OH excluding ortho intramolecular Hbond substituents is 1. The fourth-order valence-corrected chi connectivity index (χ4v) is 5.17. The highest BCUT2D eigenvalue weighted by molar-refractivity contribution is 7.17. The Hall–Kier alpha value is -2.34. The highest BCUT2D eigenvalue weighted by atomic mass is 35.5. The molecule has 0 aliphatic heterocycles. The van der Waals surface area contributed by atoms with Crippen molar-refractivity contribution >= 4 is 44.7 Å². The van der Waals surface area contributed by atoms with Gasteiger partial charge in [0.05, 0.1) is 0 Å². The molecule has 30 heavy (non-hydrogen) atoms. The molecule has 4 rings (SSSR count). The molecule has 2 aromatic heterocycles. The first-order valence-corrected chi connectivity index (χ1v) is 11.1. The van der Waals surface area contributed by atoms with Crippen LogP contribution in [-0.4, -0.2) is 28.1 Å². The van der Waals surface area contributed by atoms with Crippen molar-refractivity contribution in [1.29, 1.82) is 0 Å². The number of aromatic hydroxyl groups is 1. The molecule has 0 saturated carbocycles. The summed E-state index contributed by atoms with van der Waals surface area (Å²) in [6.45, 7) is 8.65. The average Bonchev–Trinajstić information content (AvgIpc) is 3.23. The zero-order valence-electron chi connectivity index (χ0n) is 17.4. The molecule has 4 aromatic rings. The Morgan fingerprint density at radius 3 is 2.37 bits per heavy atom. The predicted octanol–water partition coefficient (Wildman–Crippen LogP) is 6.33. The lowest BCUT2D eigenvalue weighted by Gasteiger charge is -2.29. The number of aromatic amines is 1. The number of hydrogen-bond donors (Lipinski definition) is 2. The molecule has 0 radical (unpaired) electrons. The van der Waals surface area contributed by atoms with Crippen LogP contribution in [0.2, 0.25) is 0 Å². The number of halogens is 1. The van der Waals surface area contributed by atoms with Crippen molar-refractivity contribution in [3.8, 4) is 16.9 Å². The number of nitrogens with zero attached hydrogens (tertiary/aromatic N) is 1. The van der Waals surface area contributed by atoms with Crippen LogP contribution < -0.4 is 5.56 Å². The van der Waals surface area contributed by atoms with Crippen LogP contribution in [0.4, 0.5) is 0 Å². The molecule has 4 nitrogen and oxygen atoms in total. The number of hydrogen-bond acceptors (Lipinski definition) is 4. The molecule has 0 aliphatic carbocycles. The van der Waals surface area contributed by atoms with Crippen LogP contribution in [0.25, 0.3) is 32.1 Å². The Balaban J connectivity index is 0.00000256. The van der Waals surface area contributed by atoms with E-state index in [4.69, 9.17) is 0 Å². The van der Waals surface area contributed by atoms with Crippen LogP contribution in [0, 0.1) is 0 Å². The second kappa shape index (κ2) is 9.21. The molecule has 0 aliphatic rings. The third-order valence-corrected chi connectivity index (χ3v) is 6.71. The van der Waals surface area contributed by atoms with Gasteiger partial charge in [0, 0.05) is 27.9 Å². The summed E-state index contributed by atoms with van der Waals surface area (Å²) in [6, 6.07) is 14.3. The van der Waals surface area contributed by atoms with Crippen molar-refractivity contribution in [1.82, 2.24) is 9.88 Å². The fourth-order valence-electron chi connectivity index (χ4n) is 4.37. The number of thiophene rings is 1. The van der Waals surface area contributed by atoms with Gasteiger partial charge in [0.25, 0.3) is 5.56 Å². The standard InChI is InChI=1S/C24H26N2O2S.ClH/c1-4-19(26(5-2)6-3)15-7-9-16(10-8-15)21-20(27)12-11-18-22(21)17-13-14-29-23(17)24(28)25-18;/h7-14,19,27H,4-6H2,1-3H3,(H,25,28);1H. The van der Waals surface area contributed by atoms with Crippen LogP contribution in [0.3, 0.4) is 0 Å². The van der Waals surface area contributed by atoms with E-state index >= 15 is 0 Å². The van der Waals surface area contributed by atoms with Crippen molar-refractivity contribution in [2.45, 2.75) is 33.2 Å². The van der Waals surface area contributed by atoms with Crippen molar-refractivity contribution in [2.24, 2.45) is 0 Å². The Bertz CT molecular complexity index is 1210.